The van der Waals surface area contributed by atoms with Crippen molar-refractivity contribution in [1.82, 2.24) is 0 Å². The molecule has 0 fully saturated rings. The first kappa shape index (κ1) is 18.5. The van der Waals surface area contributed by atoms with E-state index in [1.807, 2.05) is 0 Å². The third-order valence-electron chi connectivity index (χ3n) is 4.72. The zero-order chi connectivity index (χ0) is 17.1. The van der Waals surface area contributed by atoms with Crippen molar-refractivity contribution in [2.75, 3.05) is 0 Å². The van der Waals surface area contributed by atoms with Gasteiger partial charge in [0.25, 0.3) is 0 Å². The highest BCUT2D eigenvalue weighted by atomic mass is 28.1. The number of allylic oxidation sites excluding steroid dienone is 2. The third-order valence-corrected chi connectivity index (χ3v) is 6.04. The SMILES string of the molecule is CCCCCC(C=Cc1ccccc1)(C=Cc1ccccc1)C[SiH3]. The van der Waals surface area contributed by atoms with Crippen LogP contribution in [0.5, 0.6) is 0 Å². The second-order valence-corrected chi connectivity index (χ2v) is 7.24. The van der Waals surface area contributed by atoms with Crippen molar-refractivity contribution >= 4 is 22.4 Å². The molecule has 126 valence electrons. The average Bonchev–Trinajstić information content (AvgIpc) is 2.65. The Kier molecular flexibility index (Phi) is 7.77. The molecule has 0 aliphatic carbocycles. The van der Waals surface area contributed by atoms with Crippen molar-refractivity contribution in [2.45, 2.75) is 38.7 Å². The van der Waals surface area contributed by atoms with Crippen LogP contribution in [-0.2, 0) is 0 Å². The van der Waals surface area contributed by atoms with E-state index in [-0.39, 0.29) is 5.41 Å². The molecule has 0 radical (unpaired) electrons. The smallest absolute Gasteiger partial charge is 0.00430 e. The fraction of sp³-hybridized carbons (Fsp3) is 0.304. The Morgan fingerprint density at radius 2 is 1.29 bits per heavy atom. The number of hydrogen-bond acceptors (Lipinski definition) is 0. The van der Waals surface area contributed by atoms with E-state index < -0.39 is 0 Å². The zero-order valence-corrected chi connectivity index (χ0v) is 17.1. The molecule has 0 saturated carbocycles. The van der Waals surface area contributed by atoms with Gasteiger partial charge in [-0.1, -0.05) is 117 Å². The Bertz CT molecular complexity index is 576. The molecule has 0 aromatic heterocycles. The van der Waals surface area contributed by atoms with Gasteiger partial charge >= 0.3 is 0 Å². The van der Waals surface area contributed by atoms with Crippen molar-refractivity contribution in [3.63, 3.8) is 0 Å². The molecule has 2 rings (SSSR count). The van der Waals surface area contributed by atoms with Gasteiger partial charge in [0, 0.05) is 15.7 Å². The number of benzene rings is 2. The molecule has 0 aliphatic heterocycles. The van der Waals surface area contributed by atoms with Crippen molar-refractivity contribution < 1.29 is 0 Å². The van der Waals surface area contributed by atoms with E-state index in [0.29, 0.717) is 0 Å². The topological polar surface area (TPSA) is 0 Å². The van der Waals surface area contributed by atoms with Gasteiger partial charge < -0.3 is 0 Å². The van der Waals surface area contributed by atoms with Gasteiger partial charge in [0.15, 0.2) is 0 Å². The fourth-order valence-electron chi connectivity index (χ4n) is 2.99. The summed E-state index contributed by atoms with van der Waals surface area (Å²) in [4.78, 5) is 0. The maximum absolute atomic E-state index is 2.45. The van der Waals surface area contributed by atoms with Crippen LogP contribution in [-0.4, -0.2) is 10.2 Å². The first-order valence-electron chi connectivity index (χ1n) is 9.26. The second-order valence-electron chi connectivity index (χ2n) is 6.53. The molecule has 1 heteroatoms. The minimum atomic E-state index is 0.201. The van der Waals surface area contributed by atoms with Gasteiger partial charge in [-0.15, -0.1) is 0 Å². The normalized spacial score (nSPS) is 14.4. The predicted octanol–water partition coefficient (Wildman–Crippen LogP) is 5.76. The zero-order valence-electron chi connectivity index (χ0n) is 15.1. The minimum absolute atomic E-state index is 0.201. The van der Waals surface area contributed by atoms with E-state index in [2.05, 4.69) is 91.9 Å². The standard InChI is InChI=1S/C23H30Si/c1-2-3-10-17-23(20-24,18-15-21-11-6-4-7-12-21)19-16-22-13-8-5-9-14-22/h4-9,11-16,18-19H,2-3,10,17,20H2,1,24H3. The highest BCUT2D eigenvalue weighted by molar-refractivity contribution is 6.09. The fourth-order valence-corrected chi connectivity index (χ4v) is 3.82. The van der Waals surface area contributed by atoms with Crippen LogP contribution in [0, 0.1) is 5.41 Å². The third kappa shape index (κ3) is 5.97. The molecule has 0 amide bonds. The van der Waals surface area contributed by atoms with Gasteiger partial charge in [-0.25, -0.2) is 0 Å². The van der Waals surface area contributed by atoms with E-state index in [1.54, 1.807) is 0 Å². The molecule has 0 nitrogen and oxygen atoms in total. The quantitative estimate of drug-likeness (QED) is 0.404. The molecule has 24 heavy (non-hydrogen) atoms. The van der Waals surface area contributed by atoms with Crippen molar-refractivity contribution in [2.24, 2.45) is 5.41 Å². The summed E-state index contributed by atoms with van der Waals surface area (Å²) in [6.45, 7) is 2.28. The molecule has 0 atom stereocenters. The summed E-state index contributed by atoms with van der Waals surface area (Å²) in [5, 5.41) is 0. The van der Waals surface area contributed by atoms with E-state index in [4.69, 9.17) is 0 Å². The van der Waals surface area contributed by atoms with Crippen molar-refractivity contribution in [1.29, 1.82) is 0 Å². The number of rotatable bonds is 9. The van der Waals surface area contributed by atoms with Gasteiger partial charge in [0.1, 0.15) is 0 Å². The first-order chi connectivity index (χ1) is 11.8. The van der Waals surface area contributed by atoms with Gasteiger partial charge in [0.05, 0.1) is 0 Å². The van der Waals surface area contributed by atoms with Crippen LogP contribution in [0.3, 0.4) is 0 Å². The molecule has 0 N–H and O–H groups in total. The average molecular weight is 335 g/mol. The van der Waals surface area contributed by atoms with E-state index in [0.717, 1.165) is 0 Å². The summed E-state index contributed by atoms with van der Waals surface area (Å²) in [7, 11) is 1.22. The van der Waals surface area contributed by atoms with Crippen LogP contribution < -0.4 is 0 Å². The summed E-state index contributed by atoms with van der Waals surface area (Å²) in [5.41, 5.74) is 2.79. The largest absolute Gasteiger partial charge is 0.0743 e. The highest BCUT2D eigenvalue weighted by Gasteiger charge is 2.20. The number of unbranched alkanes of at least 4 members (excludes halogenated alkanes) is 2. The molecule has 0 aliphatic rings. The highest BCUT2D eigenvalue weighted by Crippen LogP contribution is 2.34. The Hall–Kier alpha value is -1.86. The lowest BCUT2D eigenvalue weighted by Gasteiger charge is -2.26. The van der Waals surface area contributed by atoms with Crippen LogP contribution in [0.15, 0.2) is 72.8 Å². The predicted molar refractivity (Wildman–Crippen MR) is 112 cm³/mol. The number of hydrogen-bond donors (Lipinski definition) is 0. The Morgan fingerprint density at radius 3 is 1.71 bits per heavy atom. The second kappa shape index (κ2) is 10.1. The van der Waals surface area contributed by atoms with E-state index in [1.165, 1.54) is 53.1 Å². The summed E-state index contributed by atoms with van der Waals surface area (Å²) in [6, 6.07) is 22.6. The summed E-state index contributed by atoms with van der Waals surface area (Å²) >= 11 is 0. The van der Waals surface area contributed by atoms with E-state index >= 15 is 0 Å². The molecule has 0 spiro atoms. The molecular weight excluding hydrogens is 304 g/mol. The molecular formula is C23H30Si. The van der Waals surface area contributed by atoms with Gasteiger partial charge in [-0.05, 0) is 17.5 Å². The summed E-state index contributed by atoms with van der Waals surface area (Å²) < 4.78 is 0. The van der Waals surface area contributed by atoms with Gasteiger partial charge in [-0.3, -0.25) is 0 Å². The Morgan fingerprint density at radius 1 is 0.792 bits per heavy atom. The first-order valence-corrected chi connectivity index (χ1v) is 10.7. The Balaban J connectivity index is 2.22. The molecule has 0 unspecified atom stereocenters. The van der Waals surface area contributed by atoms with E-state index in [9.17, 15) is 0 Å². The molecule has 0 bridgehead atoms. The summed E-state index contributed by atoms with van der Waals surface area (Å²) in [5.74, 6) is 0. The van der Waals surface area contributed by atoms with Crippen LogP contribution in [0.2, 0.25) is 6.04 Å². The minimum Gasteiger partial charge on any atom is -0.0743 e. The molecule has 0 saturated heterocycles. The molecule has 0 heterocycles. The summed E-state index contributed by atoms with van der Waals surface area (Å²) in [6.07, 6.45) is 14.7. The van der Waals surface area contributed by atoms with Gasteiger partial charge in [0.2, 0.25) is 0 Å². The lowest BCUT2D eigenvalue weighted by molar-refractivity contribution is 0.469. The maximum Gasteiger partial charge on any atom is 0.00430 e. The van der Waals surface area contributed by atoms with Crippen LogP contribution in [0.4, 0.5) is 0 Å². The van der Waals surface area contributed by atoms with Crippen molar-refractivity contribution in [3.8, 4) is 0 Å². The molecule has 2 aromatic rings. The lowest BCUT2D eigenvalue weighted by Crippen LogP contribution is -2.14. The lowest BCUT2D eigenvalue weighted by atomic mass is 9.82. The van der Waals surface area contributed by atoms with Crippen molar-refractivity contribution in [3.05, 3.63) is 83.9 Å². The van der Waals surface area contributed by atoms with Gasteiger partial charge in [-0.2, -0.15) is 0 Å². The Labute approximate surface area is 150 Å². The monoisotopic (exact) mass is 334 g/mol. The maximum atomic E-state index is 2.45. The molecule has 2 aromatic carbocycles. The van der Waals surface area contributed by atoms with Crippen LogP contribution in [0.25, 0.3) is 12.2 Å². The van der Waals surface area contributed by atoms with Crippen LogP contribution in [0.1, 0.15) is 43.7 Å². The van der Waals surface area contributed by atoms with Crippen LogP contribution >= 0.6 is 0 Å².